The van der Waals surface area contributed by atoms with Gasteiger partial charge in [0.2, 0.25) is 0 Å². The normalized spacial score (nSPS) is 9.38. The van der Waals surface area contributed by atoms with E-state index in [0.717, 1.165) is 5.57 Å². The molecule has 0 bridgehead atoms. The van der Waals surface area contributed by atoms with Gasteiger partial charge in [-0.3, -0.25) is 0 Å². The molecule has 0 rings (SSSR count). The average Bonchev–Trinajstić information content (AvgIpc) is 2.08. The van der Waals surface area contributed by atoms with E-state index in [1.165, 1.54) is 12.3 Å². The van der Waals surface area contributed by atoms with Crippen LogP contribution in [0.4, 0.5) is 4.79 Å². The maximum Gasteiger partial charge on any atom is 0.428 e. The Morgan fingerprint density at radius 3 is 2.85 bits per heavy atom. The Bertz CT molecular complexity index is 228. The zero-order chi connectivity index (χ0) is 10.1. The lowest BCUT2D eigenvalue weighted by Gasteiger charge is -1.97. The van der Waals surface area contributed by atoms with Crippen LogP contribution in [0.2, 0.25) is 0 Å². The molecule has 0 aliphatic rings. The fourth-order valence-corrected chi connectivity index (χ4v) is 0.443. The molecular formula is C9H14N2O2. The number of carbonyl (C=O) groups excluding carboxylic acids is 1. The molecule has 0 aromatic heterocycles. The van der Waals surface area contributed by atoms with E-state index in [9.17, 15) is 4.79 Å². The molecule has 0 aromatic carbocycles. The summed E-state index contributed by atoms with van der Waals surface area (Å²) in [6, 6.07) is 0. The van der Waals surface area contributed by atoms with Crippen LogP contribution in [0.3, 0.4) is 0 Å². The predicted molar refractivity (Wildman–Crippen MR) is 52.6 cm³/mol. The average molecular weight is 182 g/mol. The van der Waals surface area contributed by atoms with E-state index >= 15 is 0 Å². The van der Waals surface area contributed by atoms with Gasteiger partial charge < -0.3 is 4.74 Å². The fourth-order valence-electron chi connectivity index (χ4n) is 0.443. The van der Waals surface area contributed by atoms with Crippen molar-refractivity contribution in [3.8, 4) is 0 Å². The van der Waals surface area contributed by atoms with E-state index in [4.69, 9.17) is 0 Å². The molecule has 0 unspecified atom stereocenters. The molecular weight excluding hydrogens is 168 g/mol. The van der Waals surface area contributed by atoms with Gasteiger partial charge in [0.05, 0.1) is 0 Å². The maximum absolute atomic E-state index is 10.7. The summed E-state index contributed by atoms with van der Waals surface area (Å²) in [5, 5.41) is 3.60. The summed E-state index contributed by atoms with van der Waals surface area (Å²) < 4.78 is 4.60. The Balaban J connectivity index is 3.63. The third-order valence-electron chi connectivity index (χ3n) is 0.971. The third kappa shape index (κ3) is 8.33. The molecule has 0 aliphatic carbocycles. The summed E-state index contributed by atoms with van der Waals surface area (Å²) >= 11 is 0. The minimum Gasteiger partial charge on any atom is -0.444 e. The van der Waals surface area contributed by atoms with E-state index < -0.39 is 6.09 Å². The van der Waals surface area contributed by atoms with Crippen LogP contribution < -0.4 is 5.43 Å². The molecule has 13 heavy (non-hydrogen) atoms. The van der Waals surface area contributed by atoms with Gasteiger partial charge in [0.25, 0.3) is 0 Å². The lowest BCUT2D eigenvalue weighted by molar-refractivity contribution is 0.159. The number of nitrogens with one attached hydrogen (secondary N) is 1. The molecule has 1 N–H and O–H groups in total. The first-order valence-electron chi connectivity index (χ1n) is 3.87. The lowest BCUT2D eigenvalue weighted by Crippen LogP contribution is -2.18. The highest BCUT2D eigenvalue weighted by Crippen LogP contribution is 1.83. The number of allylic oxidation sites excluding steroid dienone is 2. The molecule has 0 spiro atoms. The molecule has 0 saturated heterocycles. The van der Waals surface area contributed by atoms with Crippen molar-refractivity contribution >= 4 is 12.3 Å². The minimum absolute atomic E-state index is 0.185. The largest absolute Gasteiger partial charge is 0.444 e. The van der Waals surface area contributed by atoms with Gasteiger partial charge in [-0.25, -0.2) is 10.2 Å². The van der Waals surface area contributed by atoms with E-state index in [0.29, 0.717) is 0 Å². The first kappa shape index (κ1) is 11.4. The molecule has 0 fully saturated rings. The predicted octanol–water partition coefficient (Wildman–Crippen LogP) is 1.85. The van der Waals surface area contributed by atoms with Gasteiger partial charge >= 0.3 is 6.09 Å². The molecule has 0 aromatic rings. The van der Waals surface area contributed by atoms with Crippen LogP contribution in [0.15, 0.2) is 29.4 Å². The van der Waals surface area contributed by atoms with Crippen molar-refractivity contribution in [2.45, 2.75) is 13.8 Å². The summed E-state index contributed by atoms with van der Waals surface area (Å²) in [5.74, 6) is 0. The van der Waals surface area contributed by atoms with Gasteiger partial charge in [-0.15, -0.1) is 0 Å². The number of rotatable bonds is 4. The molecule has 0 atom stereocenters. The van der Waals surface area contributed by atoms with Crippen molar-refractivity contribution in [1.82, 2.24) is 5.43 Å². The summed E-state index contributed by atoms with van der Waals surface area (Å²) in [7, 11) is 0. The van der Waals surface area contributed by atoms with Crippen molar-refractivity contribution in [2.24, 2.45) is 5.10 Å². The van der Waals surface area contributed by atoms with Crippen LogP contribution in [-0.2, 0) is 4.74 Å². The fraction of sp³-hybridized carbons (Fsp3) is 0.333. The van der Waals surface area contributed by atoms with Crippen LogP contribution in [-0.4, -0.2) is 18.9 Å². The number of ether oxygens (including phenoxy) is 1. The highest BCUT2D eigenvalue weighted by molar-refractivity contribution is 5.74. The first-order valence-corrected chi connectivity index (χ1v) is 3.87. The third-order valence-corrected chi connectivity index (χ3v) is 0.971. The standard InChI is InChI=1S/C9H14N2O2/c1-4-7-13-9(12)11-10-6-5-8(2)3/h4-6H,1,7H2,2-3H3,(H,11,12)/b10-6+. The van der Waals surface area contributed by atoms with Gasteiger partial charge in [-0.2, -0.15) is 5.10 Å². The molecule has 0 heterocycles. The second kappa shape index (κ2) is 7.09. The van der Waals surface area contributed by atoms with E-state index in [1.807, 2.05) is 13.8 Å². The zero-order valence-corrected chi connectivity index (χ0v) is 7.91. The van der Waals surface area contributed by atoms with Gasteiger partial charge in [0.15, 0.2) is 0 Å². The Morgan fingerprint density at radius 1 is 1.62 bits per heavy atom. The molecule has 0 aliphatic heterocycles. The maximum atomic E-state index is 10.7. The Hall–Kier alpha value is -1.58. The van der Waals surface area contributed by atoms with Crippen LogP contribution >= 0.6 is 0 Å². The Labute approximate surface area is 78.0 Å². The summed E-state index contributed by atoms with van der Waals surface area (Å²) in [6.45, 7) is 7.45. The number of amides is 1. The van der Waals surface area contributed by atoms with Crippen LogP contribution in [0.25, 0.3) is 0 Å². The van der Waals surface area contributed by atoms with E-state index in [-0.39, 0.29) is 6.61 Å². The van der Waals surface area contributed by atoms with Crippen LogP contribution in [0.1, 0.15) is 13.8 Å². The number of carbonyl (C=O) groups is 1. The van der Waals surface area contributed by atoms with E-state index in [1.54, 1.807) is 6.08 Å². The van der Waals surface area contributed by atoms with Crippen molar-refractivity contribution < 1.29 is 9.53 Å². The van der Waals surface area contributed by atoms with Crippen LogP contribution in [0.5, 0.6) is 0 Å². The quantitative estimate of drug-likeness (QED) is 0.410. The highest BCUT2D eigenvalue weighted by atomic mass is 16.5. The number of hydrogen-bond donors (Lipinski definition) is 1. The van der Waals surface area contributed by atoms with Gasteiger partial charge in [-0.1, -0.05) is 18.2 Å². The number of hydrazone groups is 1. The second-order valence-electron chi connectivity index (χ2n) is 2.52. The summed E-state index contributed by atoms with van der Waals surface area (Å²) in [4.78, 5) is 10.7. The second-order valence-corrected chi connectivity index (χ2v) is 2.52. The zero-order valence-electron chi connectivity index (χ0n) is 7.91. The topological polar surface area (TPSA) is 50.7 Å². The minimum atomic E-state index is -0.585. The van der Waals surface area contributed by atoms with Gasteiger partial charge in [-0.05, 0) is 19.9 Å². The molecule has 4 heteroatoms. The molecule has 1 amide bonds. The smallest absolute Gasteiger partial charge is 0.428 e. The monoisotopic (exact) mass is 182 g/mol. The SMILES string of the molecule is C=CCOC(=O)N/N=C/C=C(C)C. The summed E-state index contributed by atoms with van der Waals surface area (Å²) in [5.41, 5.74) is 3.29. The summed E-state index contributed by atoms with van der Waals surface area (Å²) in [6.07, 6.45) is 4.16. The van der Waals surface area contributed by atoms with Crippen molar-refractivity contribution in [1.29, 1.82) is 0 Å². The van der Waals surface area contributed by atoms with E-state index in [2.05, 4.69) is 21.8 Å². The van der Waals surface area contributed by atoms with Crippen molar-refractivity contribution in [2.75, 3.05) is 6.61 Å². The van der Waals surface area contributed by atoms with Crippen molar-refractivity contribution in [3.63, 3.8) is 0 Å². The highest BCUT2D eigenvalue weighted by Gasteiger charge is 1.94. The molecule has 72 valence electrons. The Kier molecular flexibility index (Phi) is 6.23. The lowest BCUT2D eigenvalue weighted by atomic mass is 10.3. The van der Waals surface area contributed by atoms with Gasteiger partial charge in [0.1, 0.15) is 6.61 Å². The van der Waals surface area contributed by atoms with Gasteiger partial charge in [0, 0.05) is 6.21 Å². The number of hydrogen-bond acceptors (Lipinski definition) is 3. The molecule has 0 radical (unpaired) electrons. The molecule has 0 saturated carbocycles. The van der Waals surface area contributed by atoms with Crippen LogP contribution in [0, 0.1) is 0 Å². The number of nitrogens with zero attached hydrogens (tertiary/aromatic N) is 1. The Morgan fingerprint density at radius 2 is 2.31 bits per heavy atom. The first-order chi connectivity index (χ1) is 6.16. The van der Waals surface area contributed by atoms with Crippen molar-refractivity contribution in [3.05, 3.63) is 24.3 Å². The molecule has 4 nitrogen and oxygen atoms in total.